The topological polar surface area (TPSA) is 94.0 Å². The number of aromatic nitrogens is 4. The second-order valence-corrected chi connectivity index (χ2v) is 6.98. The van der Waals surface area contributed by atoms with E-state index < -0.39 is 0 Å². The van der Waals surface area contributed by atoms with E-state index in [0.717, 1.165) is 24.9 Å². The van der Waals surface area contributed by atoms with Crippen LogP contribution in [0.1, 0.15) is 26.2 Å². The molecule has 8 heteroatoms. The molecule has 3 aromatic heterocycles. The molecule has 8 nitrogen and oxygen atoms in total. The Balaban J connectivity index is 1.38. The highest BCUT2D eigenvalue weighted by Crippen LogP contribution is 2.24. The fraction of sp³-hybridized carbons (Fsp3) is 0.333. The van der Waals surface area contributed by atoms with Crippen molar-refractivity contribution < 1.29 is 4.74 Å². The van der Waals surface area contributed by atoms with Gasteiger partial charge in [0.1, 0.15) is 5.69 Å². The van der Waals surface area contributed by atoms with Gasteiger partial charge in [0, 0.05) is 24.5 Å². The van der Waals surface area contributed by atoms with Crippen LogP contribution in [0.25, 0.3) is 5.69 Å². The zero-order valence-electron chi connectivity index (χ0n) is 16.3. The maximum absolute atomic E-state index is 12.8. The Morgan fingerprint density at radius 2 is 1.90 bits per heavy atom. The molecule has 0 aromatic carbocycles. The smallest absolute Gasteiger partial charge is 0.278 e. The molecule has 1 fully saturated rings. The molecular weight excluding hydrogens is 368 g/mol. The van der Waals surface area contributed by atoms with E-state index in [0.29, 0.717) is 24.0 Å². The molecule has 4 rings (SSSR count). The van der Waals surface area contributed by atoms with Gasteiger partial charge in [0.25, 0.3) is 5.56 Å². The summed E-state index contributed by atoms with van der Waals surface area (Å²) >= 11 is 0. The maximum atomic E-state index is 12.8. The summed E-state index contributed by atoms with van der Waals surface area (Å²) in [4.78, 5) is 25.5. The fourth-order valence-electron chi connectivity index (χ4n) is 3.58. The molecule has 0 aliphatic heterocycles. The molecule has 3 heterocycles. The van der Waals surface area contributed by atoms with Gasteiger partial charge in [-0.05, 0) is 50.5 Å². The highest BCUT2D eigenvalue weighted by atomic mass is 16.5. The van der Waals surface area contributed by atoms with Crippen molar-refractivity contribution in [2.24, 2.45) is 0 Å². The highest BCUT2D eigenvalue weighted by molar-refractivity contribution is 5.45. The predicted octanol–water partition coefficient (Wildman–Crippen LogP) is 2.87. The molecule has 3 aromatic rings. The third-order valence-corrected chi connectivity index (χ3v) is 4.94. The fourth-order valence-corrected chi connectivity index (χ4v) is 3.58. The van der Waals surface area contributed by atoms with Gasteiger partial charge in [0.2, 0.25) is 5.95 Å². The standard InChI is InChI=1S/C21H24N6O2/c1-2-29-18-13-23-21(24-14-18)26-16-8-7-15(11-16)25-19-6-4-10-27(20(19)28)17-5-3-9-22-12-17/h3-6,9-10,12-16,25H,2,7-8,11H2,1H3,(H,23,24,26)/t15-,16-/m0/s1. The van der Waals surface area contributed by atoms with Crippen molar-refractivity contribution in [1.82, 2.24) is 19.5 Å². The molecule has 0 radical (unpaired) electrons. The predicted molar refractivity (Wildman–Crippen MR) is 112 cm³/mol. The van der Waals surface area contributed by atoms with Gasteiger partial charge in [-0.2, -0.15) is 0 Å². The number of rotatable bonds is 7. The Hall–Kier alpha value is -3.42. The van der Waals surface area contributed by atoms with E-state index in [1.54, 1.807) is 35.6 Å². The first-order valence-corrected chi connectivity index (χ1v) is 9.83. The van der Waals surface area contributed by atoms with Crippen molar-refractivity contribution in [3.05, 3.63) is 65.6 Å². The van der Waals surface area contributed by atoms with E-state index in [1.807, 2.05) is 31.2 Å². The van der Waals surface area contributed by atoms with Crippen LogP contribution < -0.4 is 20.9 Å². The summed E-state index contributed by atoms with van der Waals surface area (Å²) in [6.07, 6.45) is 11.3. The first kappa shape index (κ1) is 18.9. The van der Waals surface area contributed by atoms with Crippen molar-refractivity contribution in [1.29, 1.82) is 0 Å². The van der Waals surface area contributed by atoms with E-state index in [1.165, 1.54) is 0 Å². The third kappa shape index (κ3) is 4.53. The third-order valence-electron chi connectivity index (χ3n) is 4.94. The van der Waals surface area contributed by atoms with Crippen LogP contribution in [0.5, 0.6) is 5.75 Å². The van der Waals surface area contributed by atoms with Crippen LogP contribution in [-0.2, 0) is 0 Å². The number of hydrogen-bond donors (Lipinski definition) is 2. The second kappa shape index (κ2) is 8.72. The average Bonchev–Trinajstić information content (AvgIpc) is 3.19. The van der Waals surface area contributed by atoms with Crippen LogP contribution in [0.4, 0.5) is 11.6 Å². The van der Waals surface area contributed by atoms with Gasteiger partial charge in [0.05, 0.1) is 30.9 Å². The van der Waals surface area contributed by atoms with Crippen LogP contribution in [0, 0.1) is 0 Å². The summed E-state index contributed by atoms with van der Waals surface area (Å²) in [5.74, 6) is 1.26. The van der Waals surface area contributed by atoms with Crippen molar-refractivity contribution >= 4 is 11.6 Å². The van der Waals surface area contributed by atoms with Gasteiger partial charge in [0.15, 0.2) is 5.75 Å². The van der Waals surface area contributed by atoms with Crippen molar-refractivity contribution in [2.75, 3.05) is 17.2 Å². The minimum Gasteiger partial charge on any atom is -0.491 e. The van der Waals surface area contributed by atoms with E-state index in [9.17, 15) is 4.79 Å². The molecule has 150 valence electrons. The van der Waals surface area contributed by atoms with E-state index >= 15 is 0 Å². The summed E-state index contributed by atoms with van der Waals surface area (Å²) < 4.78 is 6.97. The van der Waals surface area contributed by atoms with E-state index in [4.69, 9.17) is 4.74 Å². The van der Waals surface area contributed by atoms with Gasteiger partial charge >= 0.3 is 0 Å². The Morgan fingerprint density at radius 1 is 1.10 bits per heavy atom. The van der Waals surface area contributed by atoms with Crippen molar-refractivity contribution in [3.8, 4) is 11.4 Å². The summed E-state index contributed by atoms with van der Waals surface area (Å²) in [5.41, 5.74) is 1.27. The Kier molecular flexibility index (Phi) is 5.69. The molecule has 0 unspecified atom stereocenters. The average molecular weight is 392 g/mol. The SMILES string of the molecule is CCOc1cnc(N[C@H]2CC[C@H](Nc3cccn(-c4cccnc4)c3=O)C2)nc1. The monoisotopic (exact) mass is 392 g/mol. The van der Waals surface area contributed by atoms with Crippen LogP contribution >= 0.6 is 0 Å². The number of pyridine rings is 2. The van der Waals surface area contributed by atoms with Crippen molar-refractivity contribution in [3.63, 3.8) is 0 Å². The number of nitrogens with one attached hydrogen (secondary N) is 2. The highest BCUT2D eigenvalue weighted by Gasteiger charge is 2.25. The van der Waals surface area contributed by atoms with Crippen LogP contribution in [-0.4, -0.2) is 38.2 Å². The molecule has 0 spiro atoms. The summed E-state index contributed by atoms with van der Waals surface area (Å²) in [6.45, 7) is 2.52. The molecule has 2 atom stereocenters. The quantitative estimate of drug-likeness (QED) is 0.638. The molecule has 0 bridgehead atoms. The molecule has 1 saturated carbocycles. The molecule has 2 N–H and O–H groups in total. The van der Waals surface area contributed by atoms with E-state index in [2.05, 4.69) is 25.6 Å². The lowest BCUT2D eigenvalue weighted by molar-refractivity contribution is 0.337. The Morgan fingerprint density at radius 3 is 2.62 bits per heavy atom. The first-order valence-electron chi connectivity index (χ1n) is 9.83. The normalized spacial score (nSPS) is 18.4. The number of nitrogens with zero attached hydrogens (tertiary/aromatic N) is 4. The Bertz CT molecular complexity index is 990. The lowest BCUT2D eigenvalue weighted by Crippen LogP contribution is -2.27. The van der Waals surface area contributed by atoms with Gasteiger partial charge < -0.3 is 15.4 Å². The summed E-state index contributed by atoms with van der Waals surface area (Å²) in [5, 5.41) is 6.77. The summed E-state index contributed by atoms with van der Waals surface area (Å²) in [7, 11) is 0. The lowest BCUT2D eigenvalue weighted by atomic mass is 10.2. The minimum absolute atomic E-state index is 0.0771. The largest absolute Gasteiger partial charge is 0.491 e. The van der Waals surface area contributed by atoms with E-state index in [-0.39, 0.29) is 17.6 Å². The number of anilines is 2. The number of ether oxygens (including phenoxy) is 1. The second-order valence-electron chi connectivity index (χ2n) is 6.98. The lowest BCUT2D eigenvalue weighted by Gasteiger charge is -2.16. The van der Waals surface area contributed by atoms with Crippen LogP contribution in [0.15, 0.2) is 60.0 Å². The van der Waals surface area contributed by atoms with Gasteiger partial charge in [-0.25, -0.2) is 9.97 Å². The zero-order chi connectivity index (χ0) is 20.1. The minimum atomic E-state index is -0.0771. The molecule has 0 saturated heterocycles. The molecule has 1 aliphatic rings. The Labute approximate surface area is 169 Å². The van der Waals surface area contributed by atoms with Crippen molar-refractivity contribution in [2.45, 2.75) is 38.3 Å². The maximum Gasteiger partial charge on any atom is 0.278 e. The van der Waals surface area contributed by atoms with Gasteiger partial charge in [-0.1, -0.05) is 0 Å². The molecule has 1 aliphatic carbocycles. The molecular formula is C21H24N6O2. The molecule has 29 heavy (non-hydrogen) atoms. The van der Waals surface area contributed by atoms with Gasteiger partial charge in [-0.15, -0.1) is 0 Å². The van der Waals surface area contributed by atoms with Crippen LogP contribution in [0.3, 0.4) is 0 Å². The first-order chi connectivity index (χ1) is 14.2. The zero-order valence-corrected chi connectivity index (χ0v) is 16.3. The van der Waals surface area contributed by atoms with Gasteiger partial charge in [-0.3, -0.25) is 14.3 Å². The van der Waals surface area contributed by atoms with Crippen LogP contribution in [0.2, 0.25) is 0 Å². The number of hydrogen-bond acceptors (Lipinski definition) is 7. The summed E-state index contributed by atoms with van der Waals surface area (Å²) in [6, 6.07) is 7.85. The molecule has 0 amide bonds.